The highest BCUT2D eigenvalue weighted by Crippen LogP contribution is 2.29. The lowest BCUT2D eigenvalue weighted by molar-refractivity contribution is -0.147. The Labute approximate surface area is 129 Å². The minimum atomic E-state index is -1.61. The number of hydrogen-bond donors (Lipinski definition) is 3. The second-order valence-electron chi connectivity index (χ2n) is 5.23. The van der Waals surface area contributed by atoms with E-state index in [-0.39, 0.29) is 17.7 Å². The van der Waals surface area contributed by atoms with Crippen LogP contribution >= 0.6 is 11.3 Å². The van der Waals surface area contributed by atoms with Gasteiger partial charge in [-0.05, 0) is 12.5 Å². The molecule has 0 saturated carbocycles. The van der Waals surface area contributed by atoms with Crippen molar-refractivity contribution in [1.82, 2.24) is 10.3 Å². The van der Waals surface area contributed by atoms with Gasteiger partial charge < -0.3 is 20.3 Å². The molecule has 6 nitrogen and oxygen atoms in total. The standard InChI is InChI=1S/C14H24N2O4S/c1-5-15-10(8(2)3)6-12(20-9(4)17)13-16-11(7-21-13)14(18)19/h7-8,10,12,14-15,18-19H,5-6H2,1-4H3/t10-,12-/m1/s1. The first-order valence-electron chi connectivity index (χ1n) is 7.07. The molecule has 0 aliphatic carbocycles. The van der Waals surface area contributed by atoms with Crippen LogP contribution in [0.3, 0.4) is 0 Å². The van der Waals surface area contributed by atoms with Gasteiger partial charge in [-0.15, -0.1) is 11.3 Å². The van der Waals surface area contributed by atoms with Crippen molar-refractivity contribution in [2.75, 3.05) is 6.54 Å². The van der Waals surface area contributed by atoms with Crippen LogP contribution in [0.5, 0.6) is 0 Å². The van der Waals surface area contributed by atoms with Crippen LogP contribution in [0, 0.1) is 5.92 Å². The Hall–Kier alpha value is -1.02. The normalized spacial score (nSPS) is 14.5. The van der Waals surface area contributed by atoms with Gasteiger partial charge in [0.25, 0.3) is 0 Å². The average Bonchev–Trinajstić information content (AvgIpc) is 2.86. The van der Waals surface area contributed by atoms with Crippen LogP contribution in [-0.2, 0) is 9.53 Å². The molecule has 0 bridgehead atoms. The number of thiazole rings is 1. The summed E-state index contributed by atoms with van der Waals surface area (Å²) in [5.41, 5.74) is 0.177. The molecule has 2 atom stereocenters. The predicted octanol–water partition coefficient (Wildman–Crippen LogP) is 1.75. The number of rotatable bonds is 8. The third-order valence-corrected chi connectivity index (χ3v) is 4.08. The zero-order chi connectivity index (χ0) is 16.0. The Morgan fingerprint density at radius 3 is 2.57 bits per heavy atom. The molecule has 1 aromatic heterocycles. The van der Waals surface area contributed by atoms with Gasteiger partial charge in [0, 0.05) is 24.8 Å². The van der Waals surface area contributed by atoms with Gasteiger partial charge in [-0.25, -0.2) is 4.98 Å². The lowest BCUT2D eigenvalue weighted by atomic mass is 9.98. The third-order valence-electron chi connectivity index (χ3n) is 3.13. The van der Waals surface area contributed by atoms with Crippen molar-refractivity contribution in [3.05, 3.63) is 16.1 Å². The van der Waals surface area contributed by atoms with E-state index < -0.39 is 12.4 Å². The molecule has 0 spiro atoms. The summed E-state index contributed by atoms with van der Waals surface area (Å²) in [5, 5.41) is 23.8. The number of carbonyl (C=O) groups is 1. The number of nitrogens with zero attached hydrogens (tertiary/aromatic N) is 1. The van der Waals surface area contributed by atoms with Crippen LogP contribution in [0.1, 0.15) is 57.2 Å². The molecule has 0 aliphatic heterocycles. The number of aromatic nitrogens is 1. The molecule has 120 valence electrons. The highest BCUT2D eigenvalue weighted by atomic mass is 32.1. The number of hydrogen-bond acceptors (Lipinski definition) is 7. The molecule has 1 aromatic rings. The van der Waals surface area contributed by atoms with Crippen LogP contribution < -0.4 is 5.32 Å². The largest absolute Gasteiger partial charge is 0.455 e. The fourth-order valence-electron chi connectivity index (χ4n) is 2.05. The van der Waals surface area contributed by atoms with Gasteiger partial charge in [0.15, 0.2) is 12.4 Å². The maximum absolute atomic E-state index is 11.3. The van der Waals surface area contributed by atoms with E-state index in [1.807, 2.05) is 6.92 Å². The second kappa shape index (κ2) is 8.43. The number of esters is 1. The van der Waals surface area contributed by atoms with Gasteiger partial charge in [0.1, 0.15) is 10.7 Å². The van der Waals surface area contributed by atoms with E-state index >= 15 is 0 Å². The molecule has 3 N–H and O–H groups in total. The number of nitrogens with one attached hydrogen (secondary N) is 1. The summed E-state index contributed by atoms with van der Waals surface area (Å²) in [7, 11) is 0. The van der Waals surface area contributed by atoms with E-state index in [0.717, 1.165) is 6.54 Å². The fraction of sp³-hybridized carbons (Fsp3) is 0.714. The van der Waals surface area contributed by atoms with Crippen molar-refractivity contribution >= 4 is 17.3 Å². The zero-order valence-electron chi connectivity index (χ0n) is 12.9. The van der Waals surface area contributed by atoms with Gasteiger partial charge in [-0.2, -0.15) is 0 Å². The maximum Gasteiger partial charge on any atom is 0.303 e. The predicted molar refractivity (Wildman–Crippen MR) is 80.7 cm³/mol. The number of aliphatic hydroxyl groups is 2. The zero-order valence-corrected chi connectivity index (χ0v) is 13.7. The SMILES string of the molecule is CCN[C@H](C[C@@H](OC(C)=O)c1nc(C(O)O)cs1)C(C)C. The first kappa shape index (κ1) is 18.0. The summed E-state index contributed by atoms with van der Waals surface area (Å²) in [5.74, 6) is 0.00572. The molecule has 0 aromatic carbocycles. The van der Waals surface area contributed by atoms with Crippen LogP contribution in [0.15, 0.2) is 5.38 Å². The molecular formula is C14H24N2O4S. The molecule has 0 aliphatic rings. The Bertz CT molecular complexity index is 448. The Balaban J connectivity index is 2.90. The Kier molecular flexibility index (Phi) is 7.24. The minimum absolute atomic E-state index is 0.177. The fourth-order valence-corrected chi connectivity index (χ4v) is 2.92. The van der Waals surface area contributed by atoms with Crippen molar-refractivity contribution in [1.29, 1.82) is 0 Å². The molecule has 21 heavy (non-hydrogen) atoms. The maximum atomic E-state index is 11.3. The molecule has 0 unspecified atom stereocenters. The molecule has 1 heterocycles. The lowest BCUT2D eigenvalue weighted by Gasteiger charge is -2.25. The van der Waals surface area contributed by atoms with Crippen molar-refractivity contribution in [2.24, 2.45) is 5.92 Å². The van der Waals surface area contributed by atoms with Crippen molar-refractivity contribution in [3.8, 4) is 0 Å². The average molecular weight is 316 g/mol. The number of aliphatic hydroxyl groups excluding tert-OH is 1. The summed E-state index contributed by atoms with van der Waals surface area (Å²) in [6.07, 6.45) is -1.49. The number of ether oxygens (including phenoxy) is 1. The van der Waals surface area contributed by atoms with Gasteiger partial charge >= 0.3 is 5.97 Å². The number of carbonyl (C=O) groups excluding carboxylic acids is 1. The second-order valence-corrected chi connectivity index (χ2v) is 6.12. The molecule has 1 rings (SSSR count). The van der Waals surface area contributed by atoms with Gasteiger partial charge in [-0.3, -0.25) is 4.79 Å². The van der Waals surface area contributed by atoms with Crippen molar-refractivity contribution in [2.45, 2.75) is 52.6 Å². The summed E-state index contributed by atoms with van der Waals surface area (Å²) in [4.78, 5) is 15.5. The highest BCUT2D eigenvalue weighted by Gasteiger charge is 2.25. The van der Waals surface area contributed by atoms with E-state index in [4.69, 9.17) is 14.9 Å². The van der Waals surface area contributed by atoms with Gasteiger partial charge in [0.2, 0.25) is 0 Å². The minimum Gasteiger partial charge on any atom is -0.455 e. The van der Waals surface area contributed by atoms with Crippen LogP contribution in [0.4, 0.5) is 0 Å². The van der Waals surface area contributed by atoms with E-state index in [1.54, 1.807) is 5.38 Å². The first-order valence-corrected chi connectivity index (χ1v) is 7.95. The van der Waals surface area contributed by atoms with E-state index in [2.05, 4.69) is 24.1 Å². The topological polar surface area (TPSA) is 91.7 Å². The first-order chi connectivity index (χ1) is 9.85. The smallest absolute Gasteiger partial charge is 0.303 e. The van der Waals surface area contributed by atoms with E-state index in [1.165, 1.54) is 18.3 Å². The third kappa shape index (κ3) is 5.70. The monoisotopic (exact) mass is 316 g/mol. The van der Waals surface area contributed by atoms with Crippen molar-refractivity contribution in [3.63, 3.8) is 0 Å². The molecule has 0 saturated heterocycles. The summed E-state index contributed by atoms with van der Waals surface area (Å²) >= 11 is 1.26. The van der Waals surface area contributed by atoms with Crippen LogP contribution in [0.25, 0.3) is 0 Å². The molecule has 0 fully saturated rings. The quantitative estimate of drug-likeness (QED) is 0.500. The summed E-state index contributed by atoms with van der Waals surface area (Å²) < 4.78 is 5.36. The van der Waals surface area contributed by atoms with Crippen molar-refractivity contribution < 1.29 is 19.7 Å². The molecular weight excluding hydrogens is 292 g/mol. The van der Waals surface area contributed by atoms with Gasteiger partial charge in [-0.1, -0.05) is 20.8 Å². The van der Waals surface area contributed by atoms with Gasteiger partial charge in [0.05, 0.1) is 0 Å². The summed E-state index contributed by atoms with van der Waals surface area (Å²) in [6, 6.07) is 0.186. The Morgan fingerprint density at radius 2 is 2.14 bits per heavy atom. The summed E-state index contributed by atoms with van der Waals surface area (Å²) in [6.45, 7) is 8.42. The van der Waals surface area contributed by atoms with E-state index in [0.29, 0.717) is 17.3 Å². The molecule has 0 radical (unpaired) electrons. The lowest BCUT2D eigenvalue weighted by Crippen LogP contribution is -2.35. The molecule has 0 amide bonds. The van der Waals surface area contributed by atoms with E-state index in [9.17, 15) is 4.79 Å². The Morgan fingerprint density at radius 1 is 1.48 bits per heavy atom. The van der Waals surface area contributed by atoms with Crippen LogP contribution in [-0.4, -0.2) is 33.8 Å². The molecule has 7 heteroatoms. The highest BCUT2D eigenvalue weighted by molar-refractivity contribution is 7.09. The van der Waals surface area contributed by atoms with Crippen LogP contribution in [0.2, 0.25) is 0 Å².